The number of nitrogens with zero attached hydrogens (tertiary/aromatic N) is 1. The molecule has 3 aromatic rings. The number of carbonyl (C=O) groups excluding carboxylic acids is 2. The molecule has 1 aliphatic heterocycles. The zero-order valence-electron chi connectivity index (χ0n) is 16.3. The Labute approximate surface area is 179 Å². The molecular weight excluding hydrogens is 396 g/mol. The number of ether oxygens (including phenoxy) is 1. The maximum absolute atomic E-state index is 13.1. The van der Waals surface area contributed by atoms with Crippen LogP contribution in [0.2, 0.25) is 0 Å². The van der Waals surface area contributed by atoms with Gasteiger partial charge in [0.1, 0.15) is 5.75 Å². The van der Waals surface area contributed by atoms with Gasteiger partial charge in [-0.1, -0.05) is 18.1 Å². The Morgan fingerprint density at radius 3 is 2.87 bits per heavy atom. The minimum atomic E-state index is -0.163. The van der Waals surface area contributed by atoms with Gasteiger partial charge in [0.15, 0.2) is 6.61 Å². The molecule has 30 heavy (non-hydrogen) atoms. The molecule has 0 aliphatic carbocycles. The summed E-state index contributed by atoms with van der Waals surface area (Å²) in [6.07, 6.45) is 6.64. The number of nitrogens with one attached hydrogen (secondary N) is 1. The van der Waals surface area contributed by atoms with E-state index < -0.39 is 0 Å². The van der Waals surface area contributed by atoms with Gasteiger partial charge in [0, 0.05) is 28.2 Å². The molecule has 6 heteroatoms. The molecule has 0 bridgehead atoms. The lowest BCUT2D eigenvalue weighted by Gasteiger charge is -2.23. The molecule has 1 aliphatic rings. The maximum Gasteiger partial charge on any atom is 0.265 e. The van der Waals surface area contributed by atoms with E-state index in [1.54, 1.807) is 22.3 Å². The summed E-state index contributed by atoms with van der Waals surface area (Å²) in [7, 11) is 0. The van der Waals surface area contributed by atoms with Crippen LogP contribution in [0.15, 0.2) is 60.0 Å². The van der Waals surface area contributed by atoms with Crippen LogP contribution in [0.1, 0.15) is 22.4 Å². The van der Waals surface area contributed by atoms with Crippen LogP contribution in [0.5, 0.6) is 5.75 Å². The molecule has 2 amide bonds. The van der Waals surface area contributed by atoms with Crippen molar-refractivity contribution in [2.45, 2.75) is 19.4 Å². The van der Waals surface area contributed by atoms with E-state index in [4.69, 9.17) is 11.2 Å². The average molecular weight is 417 g/mol. The number of aryl methyl sites for hydroxylation is 1. The standard InChI is InChI=1S/C24H20N2O3S/c1-2-17-5-3-6-19(13-17)26(15-21-7-4-12-30-21)24(28)16-29-20-9-10-22-18(14-20)8-11-23(27)25-22/h1,3-7,9-10,12-14H,8,11,15-16H2,(H,25,27). The molecule has 1 N–H and O–H groups in total. The monoisotopic (exact) mass is 416 g/mol. The largest absolute Gasteiger partial charge is 0.484 e. The normalized spacial score (nSPS) is 12.4. The first kappa shape index (κ1) is 19.7. The van der Waals surface area contributed by atoms with Crippen molar-refractivity contribution >= 4 is 34.5 Å². The Balaban J connectivity index is 1.50. The molecule has 0 fully saturated rings. The molecule has 1 aromatic heterocycles. The number of anilines is 2. The lowest BCUT2D eigenvalue weighted by molar-refractivity contribution is -0.120. The van der Waals surface area contributed by atoms with Crippen molar-refractivity contribution in [3.8, 4) is 18.1 Å². The van der Waals surface area contributed by atoms with Gasteiger partial charge in [-0.2, -0.15) is 0 Å². The van der Waals surface area contributed by atoms with Crippen molar-refractivity contribution < 1.29 is 14.3 Å². The number of hydrogen-bond acceptors (Lipinski definition) is 4. The van der Waals surface area contributed by atoms with Crippen molar-refractivity contribution in [1.29, 1.82) is 0 Å². The van der Waals surface area contributed by atoms with Crippen LogP contribution in [0.25, 0.3) is 0 Å². The van der Waals surface area contributed by atoms with E-state index in [9.17, 15) is 9.59 Å². The Bertz CT molecular complexity index is 1120. The number of terminal acetylenes is 1. The summed E-state index contributed by atoms with van der Waals surface area (Å²) in [5.41, 5.74) is 3.27. The Morgan fingerprint density at radius 2 is 2.07 bits per heavy atom. The van der Waals surface area contributed by atoms with Gasteiger partial charge in [0.2, 0.25) is 5.91 Å². The summed E-state index contributed by atoms with van der Waals surface area (Å²) in [5.74, 6) is 3.07. The fourth-order valence-electron chi connectivity index (χ4n) is 3.32. The zero-order chi connectivity index (χ0) is 20.9. The summed E-state index contributed by atoms with van der Waals surface area (Å²) >= 11 is 1.59. The van der Waals surface area contributed by atoms with Gasteiger partial charge in [-0.3, -0.25) is 9.59 Å². The number of benzene rings is 2. The highest BCUT2D eigenvalue weighted by molar-refractivity contribution is 7.09. The number of carbonyl (C=O) groups is 2. The second kappa shape index (κ2) is 8.85. The van der Waals surface area contributed by atoms with Crippen LogP contribution in [-0.4, -0.2) is 18.4 Å². The topological polar surface area (TPSA) is 58.6 Å². The van der Waals surface area contributed by atoms with Crippen molar-refractivity contribution in [3.63, 3.8) is 0 Å². The third kappa shape index (κ3) is 4.53. The summed E-state index contributed by atoms with van der Waals surface area (Å²) < 4.78 is 5.80. The first-order chi connectivity index (χ1) is 14.6. The third-order valence-corrected chi connectivity index (χ3v) is 5.72. The highest BCUT2D eigenvalue weighted by Gasteiger charge is 2.19. The zero-order valence-corrected chi connectivity index (χ0v) is 17.1. The van der Waals surface area contributed by atoms with Crippen molar-refractivity contribution in [2.24, 2.45) is 0 Å². The molecule has 150 valence electrons. The Morgan fingerprint density at radius 1 is 1.17 bits per heavy atom. The van der Waals surface area contributed by atoms with Crippen LogP contribution in [0.4, 0.5) is 11.4 Å². The van der Waals surface area contributed by atoms with Crippen LogP contribution >= 0.6 is 11.3 Å². The van der Waals surface area contributed by atoms with Gasteiger partial charge in [0.25, 0.3) is 5.91 Å². The minimum absolute atomic E-state index is 0.0183. The number of hydrogen-bond donors (Lipinski definition) is 1. The highest BCUT2D eigenvalue weighted by atomic mass is 32.1. The SMILES string of the molecule is C#Cc1cccc(N(Cc2cccs2)C(=O)COc2ccc3c(c2)CCC(=O)N3)c1. The average Bonchev–Trinajstić information content (AvgIpc) is 3.29. The van der Waals surface area contributed by atoms with Gasteiger partial charge in [-0.05, 0) is 59.8 Å². The van der Waals surface area contributed by atoms with E-state index in [1.165, 1.54) is 0 Å². The smallest absolute Gasteiger partial charge is 0.265 e. The molecule has 5 nitrogen and oxygen atoms in total. The van der Waals surface area contributed by atoms with E-state index in [-0.39, 0.29) is 18.4 Å². The van der Waals surface area contributed by atoms with E-state index in [2.05, 4.69) is 11.2 Å². The molecule has 0 radical (unpaired) electrons. The van der Waals surface area contributed by atoms with E-state index in [1.807, 2.05) is 53.9 Å². The van der Waals surface area contributed by atoms with Crippen LogP contribution in [0.3, 0.4) is 0 Å². The van der Waals surface area contributed by atoms with Crippen LogP contribution in [0, 0.1) is 12.3 Å². The molecule has 0 unspecified atom stereocenters. The number of thiophene rings is 1. The van der Waals surface area contributed by atoms with Crippen LogP contribution < -0.4 is 15.0 Å². The summed E-state index contributed by atoms with van der Waals surface area (Å²) in [5, 5.41) is 4.83. The first-order valence-electron chi connectivity index (χ1n) is 9.57. The minimum Gasteiger partial charge on any atom is -0.484 e. The van der Waals surface area contributed by atoms with E-state index in [0.29, 0.717) is 30.7 Å². The lowest BCUT2D eigenvalue weighted by Crippen LogP contribution is -2.34. The van der Waals surface area contributed by atoms with Gasteiger partial charge in [-0.25, -0.2) is 0 Å². The Hall–Kier alpha value is -3.56. The highest BCUT2D eigenvalue weighted by Crippen LogP contribution is 2.27. The molecule has 0 saturated heterocycles. The van der Waals surface area contributed by atoms with E-state index >= 15 is 0 Å². The molecule has 2 heterocycles. The van der Waals surface area contributed by atoms with Gasteiger partial charge in [0.05, 0.1) is 6.54 Å². The molecule has 4 rings (SSSR count). The van der Waals surface area contributed by atoms with Crippen LogP contribution in [-0.2, 0) is 22.6 Å². The first-order valence-corrected chi connectivity index (χ1v) is 10.5. The lowest BCUT2D eigenvalue weighted by atomic mass is 10.0. The Kier molecular flexibility index (Phi) is 5.82. The second-order valence-electron chi connectivity index (χ2n) is 6.91. The summed E-state index contributed by atoms with van der Waals surface area (Å²) in [6, 6.07) is 16.8. The van der Waals surface area contributed by atoms with E-state index in [0.717, 1.165) is 21.8 Å². The van der Waals surface area contributed by atoms with Crippen molar-refractivity contribution in [1.82, 2.24) is 0 Å². The molecule has 0 spiro atoms. The molecule has 2 aromatic carbocycles. The van der Waals surface area contributed by atoms with Crippen molar-refractivity contribution in [3.05, 3.63) is 76.0 Å². The second-order valence-corrected chi connectivity index (χ2v) is 7.94. The van der Waals surface area contributed by atoms with Gasteiger partial charge >= 0.3 is 0 Å². The van der Waals surface area contributed by atoms with Crippen molar-refractivity contribution in [2.75, 3.05) is 16.8 Å². The fourth-order valence-corrected chi connectivity index (χ4v) is 4.01. The molecule has 0 atom stereocenters. The predicted molar refractivity (Wildman–Crippen MR) is 119 cm³/mol. The maximum atomic E-state index is 13.1. The number of fused-ring (bicyclic) bond motifs is 1. The molecule has 0 saturated carbocycles. The fraction of sp³-hybridized carbons (Fsp3) is 0.167. The summed E-state index contributed by atoms with van der Waals surface area (Å²) in [4.78, 5) is 27.3. The number of amides is 2. The third-order valence-electron chi connectivity index (χ3n) is 4.85. The quantitative estimate of drug-likeness (QED) is 0.612. The number of rotatable bonds is 6. The molecular formula is C24H20N2O3S. The summed E-state index contributed by atoms with van der Waals surface area (Å²) in [6.45, 7) is 0.348. The van der Waals surface area contributed by atoms with Gasteiger partial charge in [-0.15, -0.1) is 17.8 Å². The predicted octanol–water partition coefficient (Wildman–Crippen LogP) is 4.23. The van der Waals surface area contributed by atoms with Gasteiger partial charge < -0.3 is 15.0 Å².